The molecule has 0 radical (unpaired) electrons. The summed E-state index contributed by atoms with van der Waals surface area (Å²) in [5.41, 5.74) is 1.48. The predicted octanol–water partition coefficient (Wildman–Crippen LogP) is 4.38. The number of carboxylic acids is 1. The molecule has 3 rings (SSSR count). The average molecular weight is 370 g/mol. The molecule has 1 aromatic carbocycles. The van der Waals surface area contributed by atoms with Crippen LogP contribution in [0, 0.1) is 0 Å². The Morgan fingerprint density at radius 2 is 1.92 bits per heavy atom. The van der Waals surface area contributed by atoms with E-state index in [0.717, 1.165) is 21.5 Å². The van der Waals surface area contributed by atoms with Gasteiger partial charge in [0, 0.05) is 22.7 Å². The number of likely N-dealkylation sites (N-methyl/N-ethyl adjacent to an activating group) is 1. The molecule has 1 N–H and O–H groups in total. The van der Waals surface area contributed by atoms with Crippen molar-refractivity contribution in [1.82, 2.24) is 9.88 Å². The summed E-state index contributed by atoms with van der Waals surface area (Å²) in [6.45, 7) is 4.79. The van der Waals surface area contributed by atoms with Crippen molar-refractivity contribution in [3.05, 3.63) is 47.5 Å². The molecule has 0 saturated heterocycles. The smallest absolute Gasteiger partial charge is 0.346 e. The fraction of sp³-hybridized carbons (Fsp3) is 0.300. The van der Waals surface area contributed by atoms with Gasteiger partial charge in [-0.2, -0.15) is 0 Å². The number of hydrogen-bond acceptors (Lipinski definition) is 5. The Morgan fingerprint density at radius 1 is 1.23 bits per heavy atom. The zero-order valence-electron chi connectivity index (χ0n) is 15.3. The summed E-state index contributed by atoms with van der Waals surface area (Å²) in [7, 11) is 4.05. The van der Waals surface area contributed by atoms with Gasteiger partial charge in [-0.05, 0) is 57.8 Å². The van der Waals surface area contributed by atoms with Crippen molar-refractivity contribution in [2.45, 2.75) is 19.4 Å². The molecule has 2 heterocycles. The number of benzene rings is 1. The third-order valence-corrected chi connectivity index (χ3v) is 5.71. The predicted molar refractivity (Wildman–Crippen MR) is 105 cm³/mol. The molecule has 0 fully saturated rings. The number of carboxylic acid groups (broad SMARTS) is 1. The summed E-state index contributed by atoms with van der Waals surface area (Å²) in [6.07, 6.45) is 1.68. The van der Waals surface area contributed by atoms with E-state index in [2.05, 4.69) is 23.7 Å². The molecule has 0 saturated carbocycles. The second kappa shape index (κ2) is 7.05. The van der Waals surface area contributed by atoms with Gasteiger partial charge in [-0.15, -0.1) is 11.3 Å². The third kappa shape index (κ3) is 3.57. The Bertz CT molecular complexity index is 930. The average Bonchev–Trinajstić information content (AvgIpc) is 3.00. The Balaban J connectivity index is 1.91. The summed E-state index contributed by atoms with van der Waals surface area (Å²) in [6, 6.07) is 11.3. The molecular formula is C20H22N2O3S. The van der Waals surface area contributed by atoms with E-state index in [1.54, 1.807) is 6.20 Å². The van der Waals surface area contributed by atoms with Crippen LogP contribution in [0.5, 0.6) is 5.75 Å². The minimum absolute atomic E-state index is 0.0790. The van der Waals surface area contributed by atoms with Gasteiger partial charge in [0.2, 0.25) is 0 Å². The highest BCUT2D eigenvalue weighted by Crippen LogP contribution is 2.38. The van der Waals surface area contributed by atoms with Crippen LogP contribution in [0.3, 0.4) is 0 Å². The molecule has 0 atom stereocenters. The first-order valence-corrected chi connectivity index (χ1v) is 9.13. The molecule has 0 bridgehead atoms. The summed E-state index contributed by atoms with van der Waals surface area (Å²) < 4.78 is 5.90. The topological polar surface area (TPSA) is 62.7 Å². The molecule has 6 heteroatoms. The van der Waals surface area contributed by atoms with Gasteiger partial charge in [-0.3, -0.25) is 0 Å². The molecule has 26 heavy (non-hydrogen) atoms. The van der Waals surface area contributed by atoms with Crippen molar-refractivity contribution < 1.29 is 14.6 Å². The molecule has 5 nitrogen and oxygen atoms in total. The standard InChI is InChI=1S/C20H22N2O3S/c1-20(2,22(3)4)12-25-14-9-7-13(8-10-14)16-15-6-5-11-21-18(15)26-17(16)19(23)24/h5-11H,12H2,1-4H3,(H,23,24). The monoisotopic (exact) mass is 370 g/mol. The largest absolute Gasteiger partial charge is 0.492 e. The number of aromatic nitrogens is 1. The lowest BCUT2D eigenvalue weighted by Crippen LogP contribution is -2.43. The first-order valence-electron chi connectivity index (χ1n) is 8.31. The molecule has 2 aromatic heterocycles. The maximum Gasteiger partial charge on any atom is 0.346 e. The van der Waals surface area contributed by atoms with Crippen LogP contribution >= 0.6 is 11.3 Å². The van der Waals surface area contributed by atoms with Crippen molar-refractivity contribution in [2.24, 2.45) is 0 Å². The first-order chi connectivity index (χ1) is 12.3. The summed E-state index contributed by atoms with van der Waals surface area (Å²) in [5.74, 6) is -0.172. The van der Waals surface area contributed by atoms with E-state index >= 15 is 0 Å². The lowest BCUT2D eigenvalue weighted by atomic mass is 10.0. The fourth-order valence-electron chi connectivity index (χ4n) is 2.48. The number of pyridine rings is 1. The van der Waals surface area contributed by atoms with E-state index in [1.807, 2.05) is 50.5 Å². The number of aromatic carboxylic acids is 1. The van der Waals surface area contributed by atoms with Crippen LogP contribution in [0.4, 0.5) is 0 Å². The summed E-state index contributed by atoms with van der Waals surface area (Å²) in [4.78, 5) is 19.1. The van der Waals surface area contributed by atoms with Gasteiger partial charge in [0.1, 0.15) is 22.1 Å². The van der Waals surface area contributed by atoms with Gasteiger partial charge in [0.25, 0.3) is 0 Å². The van der Waals surface area contributed by atoms with Crippen LogP contribution in [0.25, 0.3) is 21.3 Å². The van der Waals surface area contributed by atoms with Crippen LogP contribution in [0.1, 0.15) is 23.5 Å². The van der Waals surface area contributed by atoms with Crippen molar-refractivity contribution >= 4 is 27.5 Å². The van der Waals surface area contributed by atoms with Crippen molar-refractivity contribution in [3.8, 4) is 16.9 Å². The van der Waals surface area contributed by atoms with Crippen LogP contribution in [-0.4, -0.2) is 47.2 Å². The molecular weight excluding hydrogens is 348 g/mol. The van der Waals surface area contributed by atoms with Gasteiger partial charge in [0.05, 0.1) is 0 Å². The molecule has 0 spiro atoms. The van der Waals surface area contributed by atoms with E-state index in [0.29, 0.717) is 17.0 Å². The minimum Gasteiger partial charge on any atom is -0.492 e. The zero-order valence-corrected chi connectivity index (χ0v) is 16.1. The highest BCUT2D eigenvalue weighted by atomic mass is 32.1. The number of nitrogens with zero attached hydrogens (tertiary/aromatic N) is 2. The number of thiophene rings is 1. The minimum atomic E-state index is -0.934. The maximum atomic E-state index is 11.7. The van der Waals surface area contributed by atoms with E-state index in [1.165, 1.54) is 11.3 Å². The van der Waals surface area contributed by atoms with Gasteiger partial charge in [-0.1, -0.05) is 12.1 Å². The quantitative estimate of drug-likeness (QED) is 0.698. The lowest BCUT2D eigenvalue weighted by Gasteiger charge is -2.32. The second-order valence-electron chi connectivity index (χ2n) is 6.99. The fourth-order valence-corrected chi connectivity index (χ4v) is 3.48. The Morgan fingerprint density at radius 3 is 2.54 bits per heavy atom. The van der Waals surface area contributed by atoms with Gasteiger partial charge >= 0.3 is 5.97 Å². The SMILES string of the molecule is CN(C)C(C)(C)COc1ccc(-c2c(C(=O)O)sc3ncccc23)cc1. The summed E-state index contributed by atoms with van der Waals surface area (Å²) in [5, 5.41) is 10.4. The number of rotatable bonds is 6. The van der Waals surface area contributed by atoms with Gasteiger partial charge in [0.15, 0.2) is 0 Å². The van der Waals surface area contributed by atoms with Crippen LogP contribution in [0.15, 0.2) is 42.6 Å². The van der Waals surface area contributed by atoms with Crippen LogP contribution in [-0.2, 0) is 0 Å². The van der Waals surface area contributed by atoms with Crippen molar-refractivity contribution in [3.63, 3.8) is 0 Å². The Labute approximate surface area is 156 Å². The van der Waals surface area contributed by atoms with Gasteiger partial charge in [-0.25, -0.2) is 9.78 Å². The first kappa shape index (κ1) is 18.4. The molecule has 0 aliphatic heterocycles. The molecule has 3 aromatic rings. The summed E-state index contributed by atoms with van der Waals surface area (Å²) >= 11 is 1.20. The van der Waals surface area contributed by atoms with Crippen molar-refractivity contribution in [1.29, 1.82) is 0 Å². The van der Waals surface area contributed by atoms with E-state index in [-0.39, 0.29) is 5.54 Å². The number of fused-ring (bicyclic) bond motifs is 1. The normalized spacial score (nSPS) is 11.9. The lowest BCUT2D eigenvalue weighted by molar-refractivity contribution is 0.0703. The van der Waals surface area contributed by atoms with Crippen molar-refractivity contribution in [2.75, 3.05) is 20.7 Å². The van der Waals surface area contributed by atoms with E-state index in [4.69, 9.17) is 4.74 Å². The van der Waals surface area contributed by atoms with Gasteiger partial charge < -0.3 is 14.7 Å². The highest BCUT2D eigenvalue weighted by Gasteiger charge is 2.22. The van der Waals surface area contributed by atoms with Crippen LogP contribution < -0.4 is 4.74 Å². The molecule has 136 valence electrons. The van der Waals surface area contributed by atoms with Crippen LogP contribution in [0.2, 0.25) is 0 Å². The molecule has 0 aliphatic rings. The molecule has 0 aliphatic carbocycles. The third-order valence-electron chi connectivity index (χ3n) is 4.61. The number of hydrogen-bond donors (Lipinski definition) is 1. The maximum absolute atomic E-state index is 11.7. The zero-order chi connectivity index (χ0) is 18.9. The number of ether oxygens (including phenoxy) is 1. The molecule has 0 amide bonds. The number of carbonyl (C=O) groups is 1. The Hall–Kier alpha value is -2.44. The highest BCUT2D eigenvalue weighted by molar-refractivity contribution is 7.21. The van der Waals surface area contributed by atoms with E-state index < -0.39 is 5.97 Å². The Kier molecular flexibility index (Phi) is 4.98. The second-order valence-corrected chi connectivity index (χ2v) is 7.99. The van der Waals surface area contributed by atoms with E-state index in [9.17, 15) is 9.90 Å². The molecule has 0 unspecified atom stereocenters.